The molecule has 1 aromatic carbocycles. The summed E-state index contributed by atoms with van der Waals surface area (Å²) in [6.07, 6.45) is 6.21. The number of carbonyl (C=O) groups excluding carboxylic acids is 2. The number of amides is 1. The van der Waals surface area contributed by atoms with Crippen molar-refractivity contribution >= 4 is 28.8 Å². The zero-order chi connectivity index (χ0) is 27.3. The van der Waals surface area contributed by atoms with Crippen LogP contribution in [0.5, 0.6) is 0 Å². The maximum absolute atomic E-state index is 13.1. The van der Waals surface area contributed by atoms with E-state index in [1.54, 1.807) is 17.5 Å². The lowest BCUT2D eigenvalue weighted by Crippen LogP contribution is -2.13. The zero-order valence-corrected chi connectivity index (χ0v) is 23.6. The fourth-order valence-electron chi connectivity index (χ4n) is 4.00. The summed E-state index contributed by atoms with van der Waals surface area (Å²) in [5.41, 5.74) is 4.97. The number of anilines is 1. The van der Waals surface area contributed by atoms with Gasteiger partial charge in [-0.2, -0.15) is 5.10 Å². The molecule has 4 rings (SSSR count). The Morgan fingerprint density at radius 3 is 2.47 bits per heavy atom. The molecule has 0 unspecified atom stereocenters. The number of Topliss-reactive ketones (excluding diaryl/α,β-unsaturated/α-hetero) is 1. The first-order valence-electron chi connectivity index (χ1n) is 13.0. The molecule has 8 heteroatoms. The van der Waals surface area contributed by atoms with E-state index < -0.39 is 0 Å². The van der Waals surface area contributed by atoms with Gasteiger partial charge in [-0.05, 0) is 55.7 Å². The van der Waals surface area contributed by atoms with E-state index in [0.29, 0.717) is 25.1 Å². The van der Waals surface area contributed by atoms with Gasteiger partial charge in [0.15, 0.2) is 0 Å². The lowest BCUT2D eigenvalue weighted by Gasteiger charge is -2.14. The molecular weight excluding hydrogens is 494 g/mol. The van der Waals surface area contributed by atoms with Crippen molar-refractivity contribution in [1.82, 2.24) is 19.7 Å². The third kappa shape index (κ3) is 7.22. The number of thiazole rings is 1. The Balaban J connectivity index is 1.40. The Morgan fingerprint density at radius 1 is 1.00 bits per heavy atom. The zero-order valence-electron chi connectivity index (χ0n) is 22.7. The molecule has 0 saturated carbocycles. The highest BCUT2D eigenvalue weighted by atomic mass is 32.1. The van der Waals surface area contributed by atoms with Gasteiger partial charge in [0, 0.05) is 35.5 Å². The number of aryl methyl sites for hydroxylation is 3. The number of carbonyl (C=O) groups is 2. The summed E-state index contributed by atoms with van der Waals surface area (Å²) in [7, 11) is 0. The van der Waals surface area contributed by atoms with E-state index in [4.69, 9.17) is 5.10 Å². The number of hydrogen-bond acceptors (Lipinski definition) is 6. The Morgan fingerprint density at radius 2 is 1.76 bits per heavy atom. The number of pyridine rings is 1. The van der Waals surface area contributed by atoms with Gasteiger partial charge in [-0.1, -0.05) is 45.4 Å². The van der Waals surface area contributed by atoms with Gasteiger partial charge in [-0.3, -0.25) is 9.59 Å². The topological polar surface area (TPSA) is 89.8 Å². The SMILES string of the molecule is CCC(=O)Nc1cc(CCc2cnc(CC(=O)Cc3cc(C(C)(C)C)nn3-c3ccc(C)cc3)s2)ccn1. The van der Waals surface area contributed by atoms with Gasteiger partial charge in [0.1, 0.15) is 16.6 Å². The van der Waals surface area contributed by atoms with Gasteiger partial charge in [0.2, 0.25) is 5.91 Å². The van der Waals surface area contributed by atoms with Crippen LogP contribution in [0.1, 0.15) is 66.5 Å². The molecule has 0 radical (unpaired) electrons. The second kappa shape index (κ2) is 11.8. The summed E-state index contributed by atoms with van der Waals surface area (Å²) >= 11 is 1.58. The number of nitrogens with zero attached hydrogens (tertiary/aromatic N) is 4. The summed E-state index contributed by atoms with van der Waals surface area (Å²) < 4.78 is 1.90. The lowest BCUT2D eigenvalue weighted by atomic mass is 9.92. The predicted octanol–water partition coefficient (Wildman–Crippen LogP) is 5.82. The molecule has 0 aliphatic rings. The van der Waals surface area contributed by atoms with Crippen LogP contribution in [0.15, 0.2) is 54.9 Å². The van der Waals surface area contributed by atoms with Crippen molar-refractivity contribution in [2.45, 2.75) is 72.1 Å². The Hall–Kier alpha value is -3.65. The van der Waals surface area contributed by atoms with Crippen LogP contribution in [0.25, 0.3) is 5.69 Å². The average Bonchev–Trinajstić information content (AvgIpc) is 3.50. The maximum atomic E-state index is 13.1. The second-order valence-electron chi connectivity index (χ2n) is 10.6. The molecule has 0 atom stereocenters. The molecule has 0 spiro atoms. The molecular formula is C30H35N5O2S. The van der Waals surface area contributed by atoms with Crippen molar-refractivity contribution < 1.29 is 9.59 Å². The third-order valence-corrected chi connectivity index (χ3v) is 7.29. The summed E-state index contributed by atoms with van der Waals surface area (Å²) in [5, 5.41) is 8.47. The van der Waals surface area contributed by atoms with Crippen molar-refractivity contribution in [2.75, 3.05) is 5.32 Å². The van der Waals surface area contributed by atoms with Crippen LogP contribution >= 0.6 is 11.3 Å². The molecule has 198 valence electrons. The van der Waals surface area contributed by atoms with Crippen LogP contribution in [0.4, 0.5) is 5.82 Å². The van der Waals surface area contributed by atoms with Crippen LogP contribution in [0.3, 0.4) is 0 Å². The molecule has 38 heavy (non-hydrogen) atoms. The number of aromatic nitrogens is 4. The fraction of sp³-hybridized carbons (Fsp3) is 0.367. The normalized spacial score (nSPS) is 11.5. The fourth-order valence-corrected chi connectivity index (χ4v) is 4.95. The molecule has 0 bridgehead atoms. The van der Waals surface area contributed by atoms with E-state index in [1.165, 1.54) is 5.56 Å². The van der Waals surface area contributed by atoms with Crippen LogP contribution in [-0.4, -0.2) is 31.4 Å². The first-order valence-corrected chi connectivity index (χ1v) is 13.8. The molecule has 1 amide bonds. The Bertz CT molecular complexity index is 1410. The van der Waals surface area contributed by atoms with Crippen molar-refractivity contribution in [3.05, 3.63) is 87.3 Å². The number of benzene rings is 1. The maximum Gasteiger partial charge on any atom is 0.225 e. The van der Waals surface area contributed by atoms with Crippen LogP contribution < -0.4 is 5.32 Å². The predicted molar refractivity (Wildman–Crippen MR) is 152 cm³/mol. The van der Waals surface area contributed by atoms with E-state index in [-0.39, 0.29) is 17.1 Å². The summed E-state index contributed by atoms with van der Waals surface area (Å²) in [4.78, 5) is 34.6. The van der Waals surface area contributed by atoms with Gasteiger partial charge in [0.05, 0.1) is 23.5 Å². The van der Waals surface area contributed by atoms with Gasteiger partial charge >= 0.3 is 0 Å². The molecule has 7 nitrogen and oxygen atoms in total. The van der Waals surface area contributed by atoms with Crippen molar-refractivity contribution in [2.24, 2.45) is 0 Å². The molecule has 3 aromatic heterocycles. The van der Waals surface area contributed by atoms with Gasteiger partial charge in [0.25, 0.3) is 0 Å². The van der Waals surface area contributed by atoms with E-state index in [9.17, 15) is 9.59 Å². The highest BCUT2D eigenvalue weighted by Crippen LogP contribution is 2.25. The third-order valence-electron chi connectivity index (χ3n) is 6.23. The van der Waals surface area contributed by atoms with Crippen molar-refractivity contribution in [3.63, 3.8) is 0 Å². The second-order valence-corrected chi connectivity index (χ2v) is 11.8. The first-order chi connectivity index (χ1) is 18.1. The van der Waals surface area contributed by atoms with Crippen LogP contribution in [-0.2, 0) is 40.7 Å². The van der Waals surface area contributed by atoms with E-state index in [0.717, 1.165) is 45.4 Å². The number of nitrogens with one attached hydrogen (secondary N) is 1. The molecule has 0 aliphatic heterocycles. The van der Waals surface area contributed by atoms with Crippen LogP contribution in [0, 0.1) is 6.92 Å². The summed E-state index contributed by atoms with van der Waals surface area (Å²) in [6, 6.07) is 14.1. The highest BCUT2D eigenvalue weighted by molar-refractivity contribution is 7.11. The highest BCUT2D eigenvalue weighted by Gasteiger charge is 2.22. The standard InChI is InChI=1S/C30H35N5O2S/c1-6-28(37)33-27-15-21(13-14-31-27)9-12-25-19-32-29(38-25)18-24(36)16-23-17-26(30(3,4)5)34-35(23)22-10-7-20(2)8-11-22/h7-8,10-11,13-15,17,19H,6,9,12,16,18H2,1-5H3,(H,31,33,37). The minimum absolute atomic E-state index is 0.0528. The van der Waals surface area contributed by atoms with E-state index >= 15 is 0 Å². The smallest absolute Gasteiger partial charge is 0.225 e. The van der Waals surface area contributed by atoms with Crippen LogP contribution in [0.2, 0.25) is 0 Å². The van der Waals surface area contributed by atoms with Gasteiger partial charge in [-0.15, -0.1) is 11.3 Å². The molecule has 0 fully saturated rings. The molecule has 1 N–H and O–H groups in total. The number of rotatable bonds is 10. The Kier molecular flexibility index (Phi) is 8.52. The van der Waals surface area contributed by atoms with Crippen molar-refractivity contribution in [1.29, 1.82) is 0 Å². The molecule has 3 heterocycles. The first kappa shape index (κ1) is 27.4. The van der Waals surface area contributed by atoms with E-state index in [2.05, 4.69) is 61.2 Å². The largest absolute Gasteiger partial charge is 0.311 e. The van der Waals surface area contributed by atoms with Gasteiger partial charge in [-0.25, -0.2) is 14.6 Å². The lowest BCUT2D eigenvalue weighted by molar-refractivity contribution is -0.118. The summed E-state index contributed by atoms with van der Waals surface area (Å²) in [6.45, 7) is 10.3. The number of hydrogen-bond donors (Lipinski definition) is 1. The summed E-state index contributed by atoms with van der Waals surface area (Å²) in [5.74, 6) is 0.637. The molecule has 0 aliphatic carbocycles. The van der Waals surface area contributed by atoms with E-state index in [1.807, 2.05) is 42.1 Å². The minimum atomic E-state index is -0.116. The average molecular weight is 530 g/mol. The molecule has 4 aromatic rings. The number of ketones is 1. The quantitative estimate of drug-likeness (QED) is 0.280. The van der Waals surface area contributed by atoms with Gasteiger partial charge < -0.3 is 5.32 Å². The van der Waals surface area contributed by atoms with Crippen molar-refractivity contribution in [3.8, 4) is 5.69 Å². The molecule has 0 saturated heterocycles. The monoisotopic (exact) mass is 529 g/mol. The minimum Gasteiger partial charge on any atom is -0.311 e. The Labute approximate surface area is 228 Å².